The number of carbonyl (C=O) groups excluding carboxylic acids is 1. The minimum absolute atomic E-state index is 0.262. The van der Waals surface area contributed by atoms with Crippen molar-refractivity contribution in [3.05, 3.63) is 51.7 Å². The SMILES string of the molecule is CCNc1ccc(C(=O)Nc2ccc(Cl)c(Br)c2)nc1. The van der Waals surface area contributed by atoms with Crippen molar-refractivity contribution in [3.63, 3.8) is 0 Å². The number of amides is 1. The van der Waals surface area contributed by atoms with Crippen LogP contribution in [0, 0.1) is 0 Å². The standard InChI is InChI=1S/C14H13BrClN3O/c1-2-17-10-4-6-13(18-8-10)14(20)19-9-3-5-12(16)11(15)7-9/h3-8,17H,2H2,1H3,(H,19,20). The fourth-order valence-electron chi connectivity index (χ4n) is 1.61. The summed E-state index contributed by atoms with van der Waals surface area (Å²) in [6.07, 6.45) is 1.64. The lowest BCUT2D eigenvalue weighted by molar-refractivity contribution is 0.102. The van der Waals surface area contributed by atoms with E-state index in [0.717, 1.165) is 16.7 Å². The van der Waals surface area contributed by atoms with Gasteiger partial charge in [-0.3, -0.25) is 4.79 Å². The molecule has 0 aliphatic carbocycles. The van der Waals surface area contributed by atoms with Crippen molar-refractivity contribution in [1.82, 2.24) is 4.98 Å². The van der Waals surface area contributed by atoms with Gasteiger partial charge in [0.2, 0.25) is 0 Å². The van der Waals surface area contributed by atoms with Gasteiger partial charge in [0.1, 0.15) is 5.69 Å². The molecule has 2 aromatic rings. The minimum atomic E-state index is -0.262. The van der Waals surface area contributed by atoms with E-state index in [1.54, 1.807) is 30.5 Å². The lowest BCUT2D eigenvalue weighted by Crippen LogP contribution is -2.13. The molecule has 2 rings (SSSR count). The van der Waals surface area contributed by atoms with E-state index in [1.807, 2.05) is 13.0 Å². The number of aromatic nitrogens is 1. The van der Waals surface area contributed by atoms with Crippen molar-refractivity contribution in [2.75, 3.05) is 17.2 Å². The first-order chi connectivity index (χ1) is 9.60. The summed E-state index contributed by atoms with van der Waals surface area (Å²) >= 11 is 9.21. The number of pyridine rings is 1. The maximum atomic E-state index is 12.0. The van der Waals surface area contributed by atoms with E-state index < -0.39 is 0 Å². The highest BCUT2D eigenvalue weighted by Gasteiger charge is 2.08. The first kappa shape index (κ1) is 14.8. The van der Waals surface area contributed by atoms with Crippen LogP contribution in [-0.2, 0) is 0 Å². The van der Waals surface area contributed by atoms with Crippen molar-refractivity contribution in [3.8, 4) is 0 Å². The van der Waals surface area contributed by atoms with Gasteiger partial charge in [0.25, 0.3) is 5.91 Å². The molecule has 6 heteroatoms. The second-order valence-electron chi connectivity index (χ2n) is 4.05. The van der Waals surface area contributed by atoms with Crippen LogP contribution >= 0.6 is 27.5 Å². The van der Waals surface area contributed by atoms with Gasteiger partial charge in [0, 0.05) is 16.7 Å². The molecular formula is C14H13BrClN3O. The lowest BCUT2D eigenvalue weighted by atomic mass is 10.3. The van der Waals surface area contributed by atoms with E-state index >= 15 is 0 Å². The number of nitrogens with one attached hydrogen (secondary N) is 2. The van der Waals surface area contributed by atoms with Crippen LogP contribution in [0.1, 0.15) is 17.4 Å². The highest BCUT2D eigenvalue weighted by atomic mass is 79.9. The molecule has 0 spiro atoms. The molecule has 0 aliphatic heterocycles. The van der Waals surface area contributed by atoms with Crippen molar-refractivity contribution in [2.45, 2.75) is 6.92 Å². The smallest absolute Gasteiger partial charge is 0.274 e. The van der Waals surface area contributed by atoms with Crippen molar-refractivity contribution in [2.24, 2.45) is 0 Å². The maximum Gasteiger partial charge on any atom is 0.274 e. The van der Waals surface area contributed by atoms with Gasteiger partial charge >= 0.3 is 0 Å². The molecule has 0 bridgehead atoms. The molecule has 104 valence electrons. The molecule has 1 aromatic heterocycles. The Kier molecular flexibility index (Phi) is 4.98. The number of nitrogens with zero attached hydrogens (tertiary/aromatic N) is 1. The Bertz CT molecular complexity index is 616. The number of rotatable bonds is 4. The molecule has 0 unspecified atom stereocenters. The van der Waals surface area contributed by atoms with Crippen LogP contribution in [-0.4, -0.2) is 17.4 Å². The summed E-state index contributed by atoms with van der Waals surface area (Å²) in [6.45, 7) is 2.81. The molecule has 0 aliphatic rings. The zero-order valence-corrected chi connectivity index (χ0v) is 13.1. The Morgan fingerprint density at radius 3 is 2.65 bits per heavy atom. The van der Waals surface area contributed by atoms with Gasteiger partial charge in [-0.1, -0.05) is 11.6 Å². The number of anilines is 2. The molecule has 0 fully saturated rings. The van der Waals surface area contributed by atoms with Crippen LogP contribution < -0.4 is 10.6 Å². The predicted molar refractivity (Wildman–Crippen MR) is 85.5 cm³/mol. The van der Waals surface area contributed by atoms with Crippen LogP contribution in [0.25, 0.3) is 0 Å². The highest BCUT2D eigenvalue weighted by molar-refractivity contribution is 9.10. The molecule has 1 heterocycles. The molecule has 0 saturated carbocycles. The Balaban J connectivity index is 2.09. The highest BCUT2D eigenvalue weighted by Crippen LogP contribution is 2.25. The van der Waals surface area contributed by atoms with Crippen LogP contribution in [0.5, 0.6) is 0 Å². The zero-order chi connectivity index (χ0) is 14.5. The second-order valence-corrected chi connectivity index (χ2v) is 5.31. The Morgan fingerprint density at radius 2 is 2.05 bits per heavy atom. The number of benzene rings is 1. The lowest BCUT2D eigenvalue weighted by Gasteiger charge is -2.07. The average Bonchev–Trinajstić information content (AvgIpc) is 2.44. The molecule has 20 heavy (non-hydrogen) atoms. The van der Waals surface area contributed by atoms with Gasteiger partial charge < -0.3 is 10.6 Å². The number of carbonyl (C=O) groups is 1. The Hall–Kier alpha value is -1.59. The molecule has 0 radical (unpaired) electrons. The summed E-state index contributed by atoms with van der Waals surface area (Å²) in [7, 11) is 0. The van der Waals surface area contributed by atoms with E-state index in [-0.39, 0.29) is 5.91 Å². The average molecular weight is 355 g/mol. The summed E-state index contributed by atoms with van der Waals surface area (Å²) in [5, 5.41) is 6.48. The van der Waals surface area contributed by atoms with Crippen LogP contribution in [0.2, 0.25) is 5.02 Å². The molecule has 2 N–H and O–H groups in total. The zero-order valence-electron chi connectivity index (χ0n) is 10.8. The van der Waals surface area contributed by atoms with Crippen LogP contribution in [0.4, 0.5) is 11.4 Å². The third-order valence-corrected chi connectivity index (χ3v) is 3.77. The largest absolute Gasteiger partial charge is 0.384 e. The first-order valence-electron chi connectivity index (χ1n) is 6.06. The van der Waals surface area contributed by atoms with Crippen LogP contribution in [0.15, 0.2) is 41.0 Å². The van der Waals surface area contributed by atoms with Crippen molar-refractivity contribution < 1.29 is 4.79 Å². The molecule has 1 aromatic carbocycles. The van der Waals surface area contributed by atoms with E-state index in [4.69, 9.17) is 11.6 Å². The van der Waals surface area contributed by atoms with E-state index in [1.165, 1.54) is 0 Å². The molecule has 0 atom stereocenters. The maximum absolute atomic E-state index is 12.0. The number of hydrogen-bond donors (Lipinski definition) is 2. The summed E-state index contributed by atoms with van der Waals surface area (Å²) in [5.74, 6) is -0.262. The fraction of sp³-hybridized carbons (Fsp3) is 0.143. The van der Waals surface area contributed by atoms with E-state index in [9.17, 15) is 4.79 Å². The molecule has 0 saturated heterocycles. The van der Waals surface area contributed by atoms with Gasteiger partial charge in [-0.25, -0.2) is 4.98 Å². The van der Waals surface area contributed by atoms with Gasteiger partial charge in [-0.2, -0.15) is 0 Å². The molecule has 4 nitrogen and oxygen atoms in total. The summed E-state index contributed by atoms with van der Waals surface area (Å²) in [5.41, 5.74) is 1.90. The van der Waals surface area contributed by atoms with E-state index in [0.29, 0.717) is 16.4 Å². The van der Waals surface area contributed by atoms with Gasteiger partial charge in [-0.15, -0.1) is 0 Å². The Labute approximate surface area is 130 Å². The minimum Gasteiger partial charge on any atom is -0.384 e. The fourth-order valence-corrected chi connectivity index (χ4v) is 2.10. The number of hydrogen-bond acceptors (Lipinski definition) is 3. The predicted octanol–water partition coefficient (Wildman–Crippen LogP) is 4.18. The molecule has 1 amide bonds. The van der Waals surface area contributed by atoms with Gasteiger partial charge in [0.15, 0.2) is 0 Å². The quantitative estimate of drug-likeness (QED) is 0.866. The topological polar surface area (TPSA) is 54.0 Å². The monoisotopic (exact) mass is 353 g/mol. The van der Waals surface area contributed by atoms with Crippen molar-refractivity contribution >= 4 is 44.8 Å². The van der Waals surface area contributed by atoms with Crippen LogP contribution in [0.3, 0.4) is 0 Å². The molecular weight excluding hydrogens is 342 g/mol. The second kappa shape index (κ2) is 6.72. The third kappa shape index (κ3) is 3.71. The summed E-state index contributed by atoms with van der Waals surface area (Å²) in [4.78, 5) is 16.2. The van der Waals surface area contributed by atoms with E-state index in [2.05, 4.69) is 31.5 Å². The summed E-state index contributed by atoms with van der Waals surface area (Å²) < 4.78 is 0.729. The number of halogens is 2. The normalized spacial score (nSPS) is 10.2. The van der Waals surface area contributed by atoms with Crippen molar-refractivity contribution in [1.29, 1.82) is 0 Å². The van der Waals surface area contributed by atoms with Gasteiger partial charge in [0.05, 0.1) is 16.9 Å². The third-order valence-electron chi connectivity index (χ3n) is 2.55. The first-order valence-corrected chi connectivity index (χ1v) is 7.23. The Morgan fingerprint density at radius 1 is 1.30 bits per heavy atom. The van der Waals surface area contributed by atoms with Gasteiger partial charge in [-0.05, 0) is 53.2 Å². The summed E-state index contributed by atoms with van der Waals surface area (Å²) in [6, 6.07) is 8.69.